The van der Waals surface area contributed by atoms with Crippen LogP contribution in [-0.4, -0.2) is 34.6 Å². The van der Waals surface area contributed by atoms with Gasteiger partial charge >= 0.3 is 0 Å². The molecular weight excluding hydrogens is 262 g/mol. The molecular formula is C14H18ClN3O. The van der Waals surface area contributed by atoms with Gasteiger partial charge in [-0.3, -0.25) is 9.36 Å². The van der Waals surface area contributed by atoms with E-state index in [1.807, 2.05) is 14.1 Å². The van der Waals surface area contributed by atoms with E-state index in [0.29, 0.717) is 28.5 Å². The average molecular weight is 280 g/mol. The number of hydrogen-bond donors (Lipinski definition) is 0. The van der Waals surface area contributed by atoms with Crippen LogP contribution < -0.4 is 5.56 Å². The lowest BCUT2D eigenvalue weighted by atomic mass is 10.2. The molecule has 1 aromatic heterocycles. The lowest BCUT2D eigenvalue weighted by Gasteiger charge is -2.23. The summed E-state index contributed by atoms with van der Waals surface area (Å²) in [5.41, 5.74) is 0.572. The Labute approximate surface area is 117 Å². The first-order valence-corrected chi connectivity index (χ1v) is 6.72. The second-order valence-electron chi connectivity index (χ2n) is 4.86. The number of halogens is 1. The molecule has 0 N–H and O–H groups in total. The van der Waals surface area contributed by atoms with Gasteiger partial charge < -0.3 is 4.90 Å². The van der Waals surface area contributed by atoms with Gasteiger partial charge in [-0.05, 0) is 32.6 Å². The summed E-state index contributed by atoms with van der Waals surface area (Å²) < 4.78 is 1.64. The normalized spacial score (nSPS) is 13.1. The van der Waals surface area contributed by atoms with Gasteiger partial charge in [-0.2, -0.15) is 0 Å². The second-order valence-corrected chi connectivity index (χ2v) is 5.27. The molecule has 0 saturated heterocycles. The van der Waals surface area contributed by atoms with E-state index in [0.717, 1.165) is 6.42 Å². The summed E-state index contributed by atoms with van der Waals surface area (Å²) in [6.07, 6.45) is 2.58. The molecule has 0 unspecified atom stereocenters. The van der Waals surface area contributed by atoms with Gasteiger partial charge in [0.15, 0.2) is 0 Å². The van der Waals surface area contributed by atoms with Crippen molar-refractivity contribution in [2.45, 2.75) is 25.9 Å². The van der Waals surface area contributed by atoms with Crippen LogP contribution in [0.1, 0.15) is 13.3 Å². The fraction of sp³-hybridized carbons (Fsp3) is 0.429. The van der Waals surface area contributed by atoms with E-state index in [9.17, 15) is 4.79 Å². The molecule has 1 heterocycles. The molecule has 0 aliphatic heterocycles. The average Bonchev–Trinajstić information content (AvgIpc) is 2.37. The Kier molecular flexibility index (Phi) is 4.22. The van der Waals surface area contributed by atoms with Crippen molar-refractivity contribution in [3.8, 4) is 0 Å². The number of likely N-dealkylation sites (N-methyl/N-ethyl adjacent to an activating group) is 1. The molecule has 0 fully saturated rings. The number of hydrogen-bond acceptors (Lipinski definition) is 3. The van der Waals surface area contributed by atoms with E-state index in [1.54, 1.807) is 29.1 Å². The molecule has 2 aromatic rings. The van der Waals surface area contributed by atoms with E-state index in [4.69, 9.17) is 11.6 Å². The van der Waals surface area contributed by atoms with Crippen molar-refractivity contribution in [2.24, 2.45) is 0 Å². The van der Waals surface area contributed by atoms with E-state index in [2.05, 4.69) is 16.8 Å². The highest BCUT2D eigenvalue weighted by molar-refractivity contribution is 6.35. The van der Waals surface area contributed by atoms with Crippen LogP contribution >= 0.6 is 11.6 Å². The first kappa shape index (κ1) is 14.0. The topological polar surface area (TPSA) is 38.1 Å². The van der Waals surface area contributed by atoms with Crippen molar-refractivity contribution in [1.29, 1.82) is 0 Å². The zero-order chi connectivity index (χ0) is 14.0. The maximum absolute atomic E-state index is 12.4. The minimum absolute atomic E-state index is 0.0732. The number of fused-ring (bicyclic) bond motifs is 1. The quantitative estimate of drug-likeness (QED) is 0.862. The molecule has 0 aliphatic carbocycles. The van der Waals surface area contributed by atoms with Crippen LogP contribution in [0.4, 0.5) is 0 Å². The Bertz CT molecular complexity index is 636. The number of aromatic nitrogens is 2. The lowest BCUT2D eigenvalue weighted by Crippen LogP contribution is -2.35. The van der Waals surface area contributed by atoms with Crippen LogP contribution in [-0.2, 0) is 6.54 Å². The molecule has 5 heteroatoms. The molecule has 4 nitrogen and oxygen atoms in total. The zero-order valence-electron chi connectivity index (χ0n) is 11.4. The highest BCUT2D eigenvalue weighted by atomic mass is 35.5. The smallest absolute Gasteiger partial charge is 0.262 e. The Balaban J connectivity index is 2.49. The number of benzene rings is 1. The molecule has 0 saturated carbocycles. The van der Waals surface area contributed by atoms with E-state index >= 15 is 0 Å². The van der Waals surface area contributed by atoms with Gasteiger partial charge in [0.05, 0.1) is 22.3 Å². The molecule has 2 rings (SSSR count). The van der Waals surface area contributed by atoms with Gasteiger partial charge in [-0.15, -0.1) is 0 Å². The largest absolute Gasteiger partial charge is 0.305 e. The third-order valence-corrected chi connectivity index (χ3v) is 3.73. The molecule has 1 aromatic carbocycles. The minimum Gasteiger partial charge on any atom is -0.305 e. The summed E-state index contributed by atoms with van der Waals surface area (Å²) in [5.74, 6) is 0. The predicted octanol–water partition coefficient (Wildman–Crippen LogP) is 2.39. The van der Waals surface area contributed by atoms with Crippen LogP contribution in [0, 0.1) is 0 Å². The van der Waals surface area contributed by atoms with Crippen molar-refractivity contribution < 1.29 is 0 Å². The SMILES string of the molecule is CC[C@@H](Cn1cnc2cccc(Cl)c2c1=O)N(C)C. The van der Waals surface area contributed by atoms with Crippen molar-refractivity contribution in [2.75, 3.05) is 14.1 Å². The number of rotatable bonds is 4. The Hall–Kier alpha value is -1.39. The fourth-order valence-electron chi connectivity index (χ4n) is 2.17. The molecule has 1 atom stereocenters. The standard InChI is InChI=1S/C14H18ClN3O/c1-4-10(17(2)3)8-18-9-16-12-7-5-6-11(15)13(12)14(18)19/h5-7,9-10H,4,8H2,1-3H3/t10-/m0/s1. The Morgan fingerprint density at radius 1 is 1.42 bits per heavy atom. The molecule has 0 bridgehead atoms. The first-order chi connectivity index (χ1) is 9.04. The van der Waals surface area contributed by atoms with Crippen LogP contribution in [0.5, 0.6) is 0 Å². The monoisotopic (exact) mass is 279 g/mol. The summed E-state index contributed by atoms with van der Waals surface area (Å²) in [5, 5.41) is 0.961. The summed E-state index contributed by atoms with van der Waals surface area (Å²) in [6, 6.07) is 5.63. The van der Waals surface area contributed by atoms with Gasteiger partial charge in [-0.25, -0.2) is 4.98 Å². The molecule has 19 heavy (non-hydrogen) atoms. The van der Waals surface area contributed by atoms with E-state index < -0.39 is 0 Å². The molecule has 0 aliphatic rings. The highest BCUT2D eigenvalue weighted by Crippen LogP contribution is 2.17. The van der Waals surface area contributed by atoms with E-state index in [-0.39, 0.29) is 5.56 Å². The predicted molar refractivity (Wildman–Crippen MR) is 78.8 cm³/mol. The van der Waals surface area contributed by atoms with Crippen LogP contribution in [0.15, 0.2) is 29.3 Å². The number of nitrogens with zero attached hydrogens (tertiary/aromatic N) is 3. The first-order valence-electron chi connectivity index (χ1n) is 6.34. The maximum Gasteiger partial charge on any atom is 0.262 e. The van der Waals surface area contributed by atoms with Crippen LogP contribution in [0.25, 0.3) is 10.9 Å². The Morgan fingerprint density at radius 2 is 2.16 bits per heavy atom. The van der Waals surface area contributed by atoms with E-state index in [1.165, 1.54) is 0 Å². The van der Waals surface area contributed by atoms with Gasteiger partial charge in [0.1, 0.15) is 0 Å². The summed E-state index contributed by atoms with van der Waals surface area (Å²) in [4.78, 5) is 18.9. The Morgan fingerprint density at radius 3 is 2.79 bits per heavy atom. The van der Waals surface area contributed by atoms with Crippen LogP contribution in [0.2, 0.25) is 5.02 Å². The molecule has 0 spiro atoms. The van der Waals surface area contributed by atoms with Crippen molar-refractivity contribution in [3.05, 3.63) is 39.9 Å². The van der Waals surface area contributed by atoms with Crippen molar-refractivity contribution >= 4 is 22.5 Å². The van der Waals surface area contributed by atoms with Crippen molar-refractivity contribution in [3.63, 3.8) is 0 Å². The van der Waals surface area contributed by atoms with Gasteiger partial charge in [0.2, 0.25) is 0 Å². The third kappa shape index (κ3) is 2.80. The van der Waals surface area contributed by atoms with Gasteiger partial charge in [0.25, 0.3) is 5.56 Å². The molecule has 102 valence electrons. The zero-order valence-corrected chi connectivity index (χ0v) is 12.2. The van der Waals surface area contributed by atoms with Gasteiger partial charge in [-0.1, -0.05) is 24.6 Å². The maximum atomic E-state index is 12.4. The van der Waals surface area contributed by atoms with Crippen LogP contribution in [0.3, 0.4) is 0 Å². The summed E-state index contributed by atoms with van der Waals surface area (Å²) >= 11 is 6.10. The van der Waals surface area contributed by atoms with Crippen molar-refractivity contribution in [1.82, 2.24) is 14.5 Å². The minimum atomic E-state index is -0.0732. The lowest BCUT2D eigenvalue weighted by molar-refractivity contribution is 0.255. The van der Waals surface area contributed by atoms with Gasteiger partial charge in [0, 0.05) is 12.6 Å². The third-order valence-electron chi connectivity index (χ3n) is 3.41. The highest BCUT2D eigenvalue weighted by Gasteiger charge is 2.13. The second kappa shape index (κ2) is 5.72. The summed E-state index contributed by atoms with van der Waals surface area (Å²) in [6.45, 7) is 2.73. The molecule has 0 radical (unpaired) electrons. The molecule has 0 amide bonds. The summed E-state index contributed by atoms with van der Waals surface area (Å²) in [7, 11) is 4.03. The fourth-order valence-corrected chi connectivity index (χ4v) is 2.43.